The minimum Gasteiger partial charge on any atom is -0.476 e. The van der Waals surface area contributed by atoms with E-state index in [0.717, 1.165) is 17.8 Å². The average molecular weight is 313 g/mol. The second-order valence-electron chi connectivity index (χ2n) is 4.46. The highest BCUT2D eigenvalue weighted by molar-refractivity contribution is 7.09. The molecule has 1 aromatic heterocycles. The van der Waals surface area contributed by atoms with Crippen LogP contribution in [-0.4, -0.2) is 52.7 Å². The molecule has 0 bridgehead atoms. The second kappa shape index (κ2) is 6.53. The zero-order valence-corrected chi connectivity index (χ0v) is 12.2. The number of amides is 2. The Morgan fingerprint density at radius 2 is 2.33 bits per heavy atom. The zero-order chi connectivity index (χ0) is 15.4. The van der Waals surface area contributed by atoms with Crippen molar-refractivity contribution < 1.29 is 24.2 Å². The summed E-state index contributed by atoms with van der Waals surface area (Å²) in [7, 11) is 1.29. The fourth-order valence-corrected chi connectivity index (χ4v) is 2.84. The third kappa shape index (κ3) is 3.48. The molecule has 1 atom stereocenters. The lowest BCUT2D eigenvalue weighted by Crippen LogP contribution is -2.46. The number of thiazole rings is 1. The number of hydrogen-bond acceptors (Lipinski definition) is 6. The monoisotopic (exact) mass is 313 g/mol. The number of nitrogens with zero attached hydrogens (tertiary/aromatic N) is 2. The van der Waals surface area contributed by atoms with Gasteiger partial charge in [-0.1, -0.05) is 0 Å². The largest absolute Gasteiger partial charge is 0.476 e. The lowest BCUT2D eigenvalue weighted by molar-refractivity contribution is -0.144. The van der Waals surface area contributed by atoms with Gasteiger partial charge in [-0.25, -0.2) is 19.4 Å². The Morgan fingerprint density at radius 1 is 1.57 bits per heavy atom. The van der Waals surface area contributed by atoms with E-state index in [1.54, 1.807) is 0 Å². The maximum absolute atomic E-state index is 12.1. The van der Waals surface area contributed by atoms with Gasteiger partial charge in [0.1, 0.15) is 11.0 Å². The molecule has 114 valence electrons. The molecule has 1 aromatic rings. The van der Waals surface area contributed by atoms with E-state index in [1.165, 1.54) is 17.4 Å². The highest BCUT2D eigenvalue weighted by Crippen LogP contribution is 2.18. The molecule has 1 aliphatic rings. The molecule has 0 saturated carbocycles. The molecule has 2 amide bonds. The molecule has 1 unspecified atom stereocenters. The van der Waals surface area contributed by atoms with Gasteiger partial charge in [-0.2, -0.15) is 0 Å². The number of aromatic nitrogens is 1. The fraction of sp³-hybridized carbons (Fsp3) is 0.500. The van der Waals surface area contributed by atoms with Crippen molar-refractivity contribution >= 4 is 29.3 Å². The molecule has 0 aromatic carbocycles. The summed E-state index contributed by atoms with van der Waals surface area (Å²) in [6, 6.07) is -0.934. The molecule has 2 N–H and O–H groups in total. The van der Waals surface area contributed by atoms with Crippen LogP contribution in [0.2, 0.25) is 0 Å². The molecule has 1 fully saturated rings. The van der Waals surface area contributed by atoms with Crippen molar-refractivity contribution in [3.8, 4) is 0 Å². The predicted octanol–water partition coefficient (Wildman–Crippen LogP) is 0.688. The predicted molar refractivity (Wildman–Crippen MR) is 73.1 cm³/mol. The SMILES string of the molecule is COC(=O)C1CCCN1C(=O)NCc1nc(C(=O)O)cs1. The number of likely N-dealkylation sites (tertiary alicyclic amines) is 1. The highest BCUT2D eigenvalue weighted by atomic mass is 32.1. The number of carbonyl (C=O) groups is 3. The van der Waals surface area contributed by atoms with Gasteiger partial charge in [-0.3, -0.25) is 0 Å². The number of methoxy groups -OCH3 is 1. The van der Waals surface area contributed by atoms with Gasteiger partial charge in [0.25, 0.3) is 0 Å². The number of urea groups is 1. The normalized spacial score (nSPS) is 17.6. The van der Waals surface area contributed by atoms with Gasteiger partial charge in [-0.05, 0) is 12.8 Å². The molecular weight excluding hydrogens is 298 g/mol. The smallest absolute Gasteiger partial charge is 0.355 e. The minimum atomic E-state index is -1.10. The summed E-state index contributed by atoms with van der Waals surface area (Å²) in [5.41, 5.74) is -0.0436. The summed E-state index contributed by atoms with van der Waals surface area (Å²) in [6.07, 6.45) is 1.33. The third-order valence-corrected chi connectivity index (χ3v) is 4.00. The van der Waals surface area contributed by atoms with Crippen LogP contribution in [0.25, 0.3) is 0 Å². The first-order valence-corrected chi connectivity index (χ1v) is 7.21. The molecule has 9 heteroatoms. The first-order chi connectivity index (χ1) is 10.0. The van der Waals surface area contributed by atoms with Gasteiger partial charge in [0.05, 0.1) is 13.7 Å². The Balaban J connectivity index is 1.91. The van der Waals surface area contributed by atoms with Crippen molar-refractivity contribution in [3.63, 3.8) is 0 Å². The Bertz CT molecular complexity index is 559. The first-order valence-electron chi connectivity index (χ1n) is 6.33. The van der Waals surface area contributed by atoms with Gasteiger partial charge in [0.15, 0.2) is 5.69 Å². The van der Waals surface area contributed by atoms with Crippen LogP contribution in [0.4, 0.5) is 4.79 Å². The molecular formula is C12H15N3O5S. The molecule has 2 rings (SSSR count). The van der Waals surface area contributed by atoms with Gasteiger partial charge >= 0.3 is 18.0 Å². The number of ether oxygens (including phenoxy) is 1. The van der Waals surface area contributed by atoms with Crippen molar-refractivity contribution in [3.05, 3.63) is 16.1 Å². The number of nitrogens with one attached hydrogen (secondary N) is 1. The molecule has 21 heavy (non-hydrogen) atoms. The molecule has 0 radical (unpaired) electrons. The molecule has 2 heterocycles. The average Bonchev–Trinajstić information content (AvgIpc) is 3.12. The Kier molecular flexibility index (Phi) is 4.73. The van der Waals surface area contributed by atoms with Gasteiger partial charge in [0, 0.05) is 11.9 Å². The number of carbonyl (C=O) groups excluding carboxylic acids is 2. The van der Waals surface area contributed by atoms with Crippen molar-refractivity contribution in [1.82, 2.24) is 15.2 Å². The maximum atomic E-state index is 12.1. The summed E-state index contributed by atoms with van der Waals surface area (Å²) in [4.78, 5) is 39.6. The van der Waals surface area contributed by atoms with E-state index in [9.17, 15) is 14.4 Å². The van der Waals surface area contributed by atoms with Gasteiger partial charge in [-0.15, -0.1) is 11.3 Å². The quantitative estimate of drug-likeness (QED) is 0.792. The number of rotatable bonds is 4. The first kappa shape index (κ1) is 15.2. The van der Waals surface area contributed by atoms with Gasteiger partial charge < -0.3 is 20.1 Å². The summed E-state index contributed by atoms with van der Waals surface area (Å²) in [6.45, 7) is 0.616. The van der Waals surface area contributed by atoms with E-state index in [1.807, 2.05) is 0 Å². The standard InChI is InChI=1S/C12H15N3O5S/c1-20-11(18)8-3-2-4-15(8)12(19)13-5-9-14-7(6-21-9)10(16)17/h6,8H,2-5H2,1H3,(H,13,19)(H,16,17). The fourth-order valence-electron chi connectivity index (χ4n) is 2.13. The topological polar surface area (TPSA) is 109 Å². The lowest BCUT2D eigenvalue weighted by atomic mass is 10.2. The van der Waals surface area contributed by atoms with Crippen LogP contribution < -0.4 is 5.32 Å². The van der Waals surface area contributed by atoms with E-state index in [-0.39, 0.29) is 18.3 Å². The molecule has 1 aliphatic heterocycles. The van der Waals surface area contributed by atoms with E-state index in [4.69, 9.17) is 5.11 Å². The van der Waals surface area contributed by atoms with Crippen LogP contribution in [0, 0.1) is 0 Å². The van der Waals surface area contributed by atoms with Crippen LogP contribution in [-0.2, 0) is 16.1 Å². The molecule has 0 spiro atoms. The summed E-state index contributed by atoms with van der Waals surface area (Å²) < 4.78 is 4.67. The zero-order valence-electron chi connectivity index (χ0n) is 11.4. The summed E-state index contributed by atoms with van der Waals surface area (Å²) in [5.74, 6) is -1.53. The molecule has 0 aliphatic carbocycles. The highest BCUT2D eigenvalue weighted by Gasteiger charge is 2.34. The van der Waals surface area contributed by atoms with Crippen molar-refractivity contribution in [1.29, 1.82) is 0 Å². The number of carboxylic acid groups (broad SMARTS) is 1. The van der Waals surface area contributed by atoms with Crippen LogP contribution >= 0.6 is 11.3 Å². The second-order valence-corrected chi connectivity index (χ2v) is 5.41. The van der Waals surface area contributed by atoms with Crippen LogP contribution in [0.15, 0.2) is 5.38 Å². The Hall–Kier alpha value is -2.16. The number of esters is 1. The summed E-state index contributed by atoms with van der Waals surface area (Å²) in [5, 5.41) is 13.3. The van der Waals surface area contributed by atoms with Crippen LogP contribution in [0.3, 0.4) is 0 Å². The van der Waals surface area contributed by atoms with Crippen LogP contribution in [0.5, 0.6) is 0 Å². The number of aromatic carboxylic acids is 1. The number of carboxylic acids is 1. The Morgan fingerprint density at radius 3 is 2.95 bits per heavy atom. The van der Waals surface area contributed by atoms with E-state index < -0.39 is 18.0 Å². The number of hydrogen-bond donors (Lipinski definition) is 2. The maximum Gasteiger partial charge on any atom is 0.355 e. The van der Waals surface area contributed by atoms with Crippen LogP contribution in [0.1, 0.15) is 28.3 Å². The minimum absolute atomic E-state index is 0.0436. The van der Waals surface area contributed by atoms with Crippen molar-refractivity contribution in [2.75, 3.05) is 13.7 Å². The third-order valence-electron chi connectivity index (χ3n) is 3.15. The van der Waals surface area contributed by atoms with E-state index in [2.05, 4.69) is 15.0 Å². The lowest BCUT2D eigenvalue weighted by Gasteiger charge is -2.22. The van der Waals surface area contributed by atoms with E-state index in [0.29, 0.717) is 18.0 Å². The molecule has 1 saturated heterocycles. The van der Waals surface area contributed by atoms with Gasteiger partial charge in [0.2, 0.25) is 0 Å². The Labute approximate surface area is 124 Å². The van der Waals surface area contributed by atoms with E-state index >= 15 is 0 Å². The summed E-state index contributed by atoms with van der Waals surface area (Å²) >= 11 is 1.16. The van der Waals surface area contributed by atoms with Crippen molar-refractivity contribution in [2.45, 2.75) is 25.4 Å². The van der Waals surface area contributed by atoms with Crippen molar-refractivity contribution in [2.24, 2.45) is 0 Å². The molecule has 8 nitrogen and oxygen atoms in total.